The molecule has 1 unspecified atom stereocenters. The van der Waals surface area contributed by atoms with E-state index < -0.39 is 0 Å². The third kappa shape index (κ3) is 4.25. The van der Waals surface area contributed by atoms with E-state index in [1.807, 2.05) is 0 Å². The summed E-state index contributed by atoms with van der Waals surface area (Å²) >= 11 is 0. The summed E-state index contributed by atoms with van der Waals surface area (Å²) in [5.74, 6) is 2.76. The largest absolute Gasteiger partial charge is 0.0651 e. The van der Waals surface area contributed by atoms with Gasteiger partial charge in [-0.25, -0.2) is 0 Å². The van der Waals surface area contributed by atoms with Gasteiger partial charge in [-0.15, -0.1) is 0 Å². The number of hydrogen-bond donors (Lipinski definition) is 0. The molecule has 0 spiro atoms. The van der Waals surface area contributed by atoms with Crippen molar-refractivity contribution in [3.05, 3.63) is 60.2 Å². The van der Waals surface area contributed by atoms with Gasteiger partial charge in [0.15, 0.2) is 0 Å². The highest BCUT2D eigenvalue weighted by Crippen LogP contribution is 2.36. The van der Waals surface area contributed by atoms with Gasteiger partial charge in [-0.05, 0) is 53.7 Å². The van der Waals surface area contributed by atoms with Crippen LogP contribution in [0.3, 0.4) is 0 Å². The molecular formula is C23H30. The van der Waals surface area contributed by atoms with E-state index in [0.29, 0.717) is 0 Å². The molecule has 0 amide bonds. The van der Waals surface area contributed by atoms with Gasteiger partial charge >= 0.3 is 0 Å². The van der Waals surface area contributed by atoms with E-state index in [1.165, 1.54) is 55.2 Å². The topological polar surface area (TPSA) is 0 Å². The Morgan fingerprint density at radius 2 is 1.43 bits per heavy atom. The Hall–Kier alpha value is -1.56. The average molecular weight is 306 g/mol. The summed E-state index contributed by atoms with van der Waals surface area (Å²) in [7, 11) is 0. The molecule has 2 aromatic rings. The van der Waals surface area contributed by atoms with Crippen LogP contribution in [0.15, 0.2) is 54.6 Å². The average Bonchev–Trinajstić information content (AvgIpc) is 2.63. The molecule has 0 radical (unpaired) electrons. The summed E-state index contributed by atoms with van der Waals surface area (Å²) in [6.45, 7) is 4.81. The van der Waals surface area contributed by atoms with E-state index in [0.717, 1.165) is 17.8 Å². The molecule has 0 heteroatoms. The summed E-state index contributed by atoms with van der Waals surface area (Å²) in [5, 5.41) is 0. The zero-order valence-corrected chi connectivity index (χ0v) is 14.7. The lowest BCUT2D eigenvalue weighted by molar-refractivity contribution is 0.210. The van der Waals surface area contributed by atoms with Crippen LogP contribution >= 0.6 is 0 Å². The van der Waals surface area contributed by atoms with Gasteiger partial charge in [0, 0.05) is 0 Å². The Kier molecular flexibility index (Phi) is 5.54. The Bertz CT molecular complexity index is 573. The molecule has 1 atom stereocenters. The number of hydrogen-bond acceptors (Lipinski definition) is 0. The standard InChI is InChI=1S/C23H30/c1-3-19-9-13-21(14-10-19)18(2)17-20-11-15-23(16-12-20)22-7-5-4-6-8-22/h4-8,11-12,15-16,18-19,21H,3,9-10,13-14,17H2,1-2H3. The molecule has 3 rings (SSSR count). The van der Waals surface area contributed by atoms with E-state index in [1.54, 1.807) is 0 Å². The Balaban J connectivity index is 1.58. The maximum atomic E-state index is 2.46. The lowest BCUT2D eigenvalue weighted by Crippen LogP contribution is -2.21. The second-order valence-electron chi connectivity index (χ2n) is 7.43. The van der Waals surface area contributed by atoms with Crippen LogP contribution in [0.4, 0.5) is 0 Å². The molecule has 0 nitrogen and oxygen atoms in total. The smallest absolute Gasteiger partial charge is 0.0184 e. The molecule has 2 aromatic carbocycles. The highest BCUT2D eigenvalue weighted by molar-refractivity contribution is 5.63. The zero-order valence-electron chi connectivity index (χ0n) is 14.7. The van der Waals surface area contributed by atoms with Gasteiger partial charge in [0.2, 0.25) is 0 Å². The van der Waals surface area contributed by atoms with Crippen molar-refractivity contribution in [1.82, 2.24) is 0 Å². The molecule has 1 saturated carbocycles. The van der Waals surface area contributed by atoms with Crippen molar-refractivity contribution in [3.8, 4) is 11.1 Å². The molecule has 0 aliphatic heterocycles. The third-order valence-electron chi connectivity index (χ3n) is 5.89. The molecule has 1 aliphatic rings. The van der Waals surface area contributed by atoms with Crippen LogP contribution in [0.25, 0.3) is 11.1 Å². The Morgan fingerprint density at radius 3 is 2.04 bits per heavy atom. The van der Waals surface area contributed by atoms with Crippen molar-refractivity contribution < 1.29 is 0 Å². The first-order valence-electron chi connectivity index (χ1n) is 9.40. The van der Waals surface area contributed by atoms with Gasteiger partial charge in [-0.3, -0.25) is 0 Å². The summed E-state index contributed by atoms with van der Waals surface area (Å²) in [6, 6.07) is 19.9. The van der Waals surface area contributed by atoms with Crippen LogP contribution in [0.2, 0.25) is 0 Å². The van der Waals surface area contributed by atoms with Crippen LogP contribution < -0.4 is 0 Å². The van der Waals surface area contributed by atoms with Gasteiger partial charge < -0.3 is 0 Å². The van der Waals surface area contributed by atoms with E-state index >= 15 is 0 Å². The van der Waals surface area contributed by atoms with E-state index in [2.05, 4.69) is 68.4 Å². The Labute approximate surface area is 141 Å². The first kappa shape index (κ1) is 16.3. The molecule has 0 heterocycles. The van der Waals surface area contributed by atoms with Crippen LogP contribution in [0.1, 0.15) is 51.5 Å². The third-order valence-corrected chi connectivity index (χ3v) is 5.89. The quantitative estimate of drug-likeness (QED) is 0.573. The summed E-state index contributed by atoms with van der Waals surface area (Å²) in [5.41, 5.74) is 4.13. The minimum absolute atomic E-state index is 0.815. The van der Waals surface area contributed by atoms with Gasteiger partial charge in [0.25, 0.3) is 0 Å². The molecular weight excluding hydrogens is 276 g/mol. The molecule has 0 saturated heterocycles. The van der Waals surface area contributed by atoms with Gasteiger partial charge in [-0.2, -0.15) is 0 Å². The maximum absolute atomic E-state index is 2.46. The fourth-order valence-electron chi connectivity index (χ4n) is 4.17. The lowest BCUT2D eigenvalue weighted by atomic mass is 9.74. The van der Waals surface area contributed by atoms with Gasteiger partial charge in [0.05, 0.1) is 0 Å². The second kappa shape index (κ2) is 7.81. The summed E-state index contributed by atoms with van der Waals surface area (Å²) < 4.78 is 0. The van der Waals surface area contributed by atoms with E-state index in [4.69, 9.17) is 0 Å². The lowest BCUT2D eigenvalue weighted by Gasteiger charge is -2.32. The highest BCUT2D eigenvalue weighted by Gasteiger charge is 2.24. The number of benzene rings is 2. The molecule has 0 bridgehead atoms. The van der Waals surface area contributed by atoms with Crippen molar-refractivity contribution in [1.29, 1.82) is 0 Å². The minimum Gasteiger partial charge on any atom is -0.0651 e. The SMILES string of the molecule is CCC1CCC(C(C)Cc2ccc(-c3ccccc3)cc2)CC1. The minimum atomic E-state index is 0.815. The molecule has 1 aliphatic carbocycles. The molecule has 0 N–H and O–H groups in total. The molecule has 122 valence electrons. The molecule has 0 aromatic heterocycles. The summed E-state index contributed by atoms with van der Waals surface area (Å²) in [4.78, 5) is 0. The van der Waals surface area contributed by atoms with Crippen molar-refractivity contribution in [2.24, 2.45) is 17.8 Å². The van der Waals surface area contributed by atoms with Crippen molar-refractivity contribution >= 4 is 0 Å². The first-order valence-corrected chi connectivity index (χ1v) is 9.40. The van der Waals surface area contributed by atoms with Crippen LogP contribution in [-0.2, 0) is 6.42 Å². The number of rotatable bonds is 5. The van der Waals surface area contributed by atoms with Crippen molar-refractivity contribution in [3.63, 3.8) is 0 Å². The predicted octanol–water partition coefficient (Wildman–Crippen LogP) is 6.75. The maximum Gasteiger partial charge on any atom is -0.0184 e. The Morgan fingerprint density at radius 1 is 0.826 bits per heavy atom. The van der Waals surface area contributed by atoms with Crippen LogP contribution in [0, 0.1) is 17.8 Å². The fourth-order valence-corrected chi connectivity index (χ4v) is 4.17. The predicted molar refractivity (Wildman–Crippen MR) is 100 cm³/mol. The first-order chi connectivity index (χ1) is 11.3. The van der Waals surface area contributed by atoms with Crippen LogP contribution in [0.5, 0.6) is 0 Å². The van der Waals surface area contributed by atoms with E-state index in [9.17, 15) is 0 Å². The second-order valence-corrected chi connectivity index (χ2v) is 7.43. The molecule has 1 fully saturated rings. The van der Waals surface area contributed by atoms with Crippen molar-refractivity contribution in [2.45, 2.75) is 52.4 Å². The fraction of sp³-hybridized carbons (Fsp3) is 0.478. The van der Waals surface area contributed by atoms with Gasteiger partial charge in [0.1, 0.15) is 0 Å². The normalized spacial score (nSPS) is 22.7. The monoisotopic (exact) mass is 306 g/mol. The summed E-state index contributed by atoms with van der Waals surface area (Å²) in [6.07, 6.45) is 8.42. The van der Waals surface area contributed by atoms with E-state index in [-0.39, 0.29) is 0 Å². The van der Waals surface area contributed by atoms with Crippen molar-refractivity contribution in [2.75, 3.05) is 0 Å². The molecule has 23 heavy (non-hydrogen) atoms. The zero-order chi connectivity index (χ0) is 16.1. The van der Waals surface area contributed by atoms with Crippen LogP contribution in [-0.4, -0.2) is 0 Å². The highest BCUT2D eigenvalue weighted by atomic mass is 14.3. The van der Waals surface area contributed by atoms with Gasteiger partial charge in [-0.1, -0.05) is 87.7 Å².